The van der Waals surface area contributed by atoms with E-state index in [0.29, 0.717) is 6.54 Å². The van der Waals surface area contributed by atoms with Crippen LogP contribution in [0.4, 0.5) is 15.9 Å². The van der Waals surface area contributed by atoms with Gasteiger partial charge in [-0.15, -0.1) is 0 Å². The minimum Gasteiger partial charge on any atom is -0.368 e. The molecule has 1 aromatic carbocycles. The van der Waals surface area contributed by atoms with Gasteiger partial charge in [0.05, 0.1) is 5.69 Å². The summed E-state index contributed by atoms with van der Waals surface area (Å²) in [5.74, 6) is 0.670. The number of nitrogens with zero attached hydrogens (tertiary/aromatic N) is 4. The number of benzene rings is 1. The third-order valence-corrected chi connectivity index (χ3v) is 3.72. The minimum absolute atomic E-state index is 0.204. The Bertz CT molecular complexity index is 593. The van der Waals surface area contributed by atoms with Gasteiger partial charge >= 0.3 is 0 Å². The lowest BCUT2D eigenvalue weighted by Gasteiger charge is -2.37. The van der Waals surface area contributed by atoms with Gasteiger partial charge in [0.25, 0.3) is 0 Å². The number of hydrogen-bond donors (Lipinski definition) is 1. The maximum atomic E-state index is 13.0. The van der Waals surface area contributed by atoms with Crippen LogP contribution in [0, 0.1) is 5.82 Å². The molecule has 0 radical (unpaired) electrons. The highest BCUT2D eigenvalue weighted by Crippen LogP contribution is 2.20. The van der Waals surface area contributed by atoms with Crippen molar-refractivity contribution in [2.75, 3.05) is 36.0 Å². The molecule has 1 fully saturated rings. The molecule has 0 spiro atoms. The van der Waals surface area contributed by atoms with Crippen LogP contribution in [0.25, 0.3) is 0 Å². The van der Waals surface area contributed by atoms with Crippen molar-refractivity contribution in [2.45, 2.75) is 6.54 Å². The van der Waals surface area contributed by atoms with Crippen LogP contribution in [-0.4, -0.2) is 36.1 Å². The van der Waals surface area contributed by atoms with E-state index in [1.807, 2.05) is 12.1 Å². The van der Waals surface area contributed by atoms with E-state index in [9.17, 15) is 4.39 Å². The average Bonchev–Trinajstić information content (AvgIpc) is 2.56. The topological polar surface area (TPSA) is 58.3 Å². The lowest BCUT2D eigenvalue weighted by atomic mass is 10.2. The molecule has 21 heavy (non-hydrogen) atoms. The fourth-order valence-corrected chi connectivity index (χ4v) is 2.60. The molecule has 0 bridgehead atoms. The normalized spacial score (nSPS) is 15.3. The summed E-state index contributed by atoms with van der Waals surface area (Å²) in [6.07, 6.45) is 3.36. The smallest absolute Gasteiger partial charge is 0.151 e. The molecule has 2 N–H and O–H groups in total. The number of aromatic nitrogens is 2. The molecular formula is C15H18FN5. The van der Waals surface area contributed by atoms with Crippen molar-refractivity contribution in [1.82, 2.24) is 9.97 Å². The summed E-state index contributed by atoms with van der Waals surface area (Å²) in [5, 5.41) is 0. The van der Waals surface area contributed by atoms with E-state index < -0.39 is 0 Å². The lowest BCUT2D eigenvalue weighted by molar-refractivity contribution is 0.623. The minimum atomic E-state index is -0.204. The Morgan fingerprint density at radius 3 is 2.24 bits per heavy atom. The molecule has 3 rings (SSSR count). The molecule has 0 atom stereocenters. The van der Waals surface area contributed by atoms with Gasteiger partial charge in [0.1, 0.15) is 5.82 Å². The van der Waals surface area contributed by atoms with E-state index in [4.69, 9.17) is 5.73 Å². The summed E-state index contributed by atoms with van der Waals surface area (Å²) in [6.45, 7) is 3.83. The zero-order chi connectivity index (χ0) is 14.7. The average molecular weight is 287 g/mol. The first-order valence-corrected chi connectivity index (χ1v) is 7.03. The predicted octanol–water partition coefficient (Wildman–Crippen LogP) is 1.40. The molecule has 5 nitrogen and oxygen atoms in total. The number of halogens is 1. The van der Waals surface area contributed by atoms with Gasteiger partial charge in [-0.2, -0.15) is 0 Å². The molecule has 2 heterocycles. The van der Waals surface area contributed by atoms with Crippen LogP contribution < -0.4 is 15.5 Å². The molecule has 110 valence electrons. The fraction of sp³-hybridized carbons (Fsp3) is 0.333. The molecule has 1 aromatic heterocycles. The Kier molecular flexibility index (Phi) is 3.96. The Morgan fingerprint density at radius 1 is 0.952 bits per heavy atom. The van der Waals surface area contributed by atoms with Crippen molar-refractivity contribution in [1.29, 1.82) is 0 Å². The van der Waals surface area contributed by atoms with Crippen molar-refractivity contribution >= 4 is 11.5 Å². The third kappa shape index (κ3) is 2.95. The molecular weight excluding hydrogens is 269 g/mol. The number of rotatable bonds is 3. The SMILES string of the molecule is NCc1nccnc1N1CCN(c2ccc(F)cc2)CC1. The summed E-state index contributed by atoms with van der Waals surface area (Å²) in [6, 6.07) is 6.63. The van der Waals surface area contributed by atoms with Gasteiger partial charge in [-0.1, -0.05) is 0 Å². The van der Waals surface area contributed by atoms with Gasteiger partial charge in [-0.05, 0) is 24.3 Å². The Morgan fingerprint density at radius 2 is 1.57 bits per heavy atom. The highest BCUT2D eigenvalue weighted by molar-refractivity contribution is 5.50. The van der Waals surface area contributed by atoms with Crippen molar-refractivity contribution in [3.63, 3.8) is 0 Å². The molecule has 1 aliphatic rings. The maximum Gasteiger partial charge on any atom is 0.151 e. The van der Waals surface area contributed by atoms with Crippen molar-refractivity contribution < 1.29 is 4.39 Å². The third-order valence-electron chi connectivity index (χ3n) is 3.72. The van der Waals surface area contributed by atoms with Crippen LogP contribution in [-0.2, 0) is 6.54 Å². The zero-order valence-corrected chi connectivity index (χ0v) is 11.7. The van der Waals surface area contributed by atoms with Gasteiger partial charge in [0.2, 0.25) is 0 Å². The molecule has 1 aliphatic heterocycles. The second-order valence-corrected chi connectivity index (χ2v) is 4.98. The van der Waals surface area contributed by atoms with Crippen molar-refractivity contribution in [3.05, 3.63) is 48.2 Å². The first-order valence-electron chi connectivity index (χ1n) is 7.03. The van der Waals surface area contributed by atoms with Crippen LogP contribution in [0.5, 0.6) is 0 Å². The van der Waals surface area contributed by atoms with E-state index in [2.05, 4.69) is 19.8 Å². The number of nitrogens with two attached hydrogens (primary N) is 1. The number of hydrogen-bond acceptors (Lipinski definition) is 5. The second kappa shape index (κ2) is 6.05. The fourth-order valence-electron chi connectivity index (χ4n) is 2.60. The monoisotopic (exact) mass is 287 g/mol. The summed E-state index contributed by atoms with van der Waals surface area (Å²) < 4.78 is 13.0. The van der Waals surface area contributed by atoms with Gasteiger partial charge in [0, 0.05) is 50.8 Å². The van der Waals surface area contributed by atoms with Crippen LogP contribution in [0.15, 0.2) is 36.7 Å². The van der Waals surface area contributed by atoms with Crippen LogP contribution >= 0.6 is 0 Å². The van der Waals surface area contributed by atoms with Gasteiger partial charge in [-0.25, -0.2) is 9.37 Å². The van der Waals surface area contributed by atoms with Crippen LogP contribution in [0.1, 0.15) is 5.69 Å². The maximum absolute atomic E-state index is 13.0. The van der Waals surface area contributed by atoms with Crippen LogP contribution in [0.3, 0.4) is 0 Å². The van der Waals surface area contributed by atoms with E-state index in [-0.39, 0.29) is 5.82 Å². The number of anilines is 2. The zero-order valence-electron chi connectivity index (χ0n) is 11.7. The first-order chi connectivity index (χ1) is 10.3. The quantitative estimate of drug-likeness (QED) is 0.925. The molecule has 0 aliphatic carbocycles. The summed E-state index contributed by atoms with van der Waals surface area (Å²) in [7, 11) is 0. The second-order valence-electron chi connectivity index (χ2n) is 4.98. The van der Waals surface area contributed by atoms with Crippen LogP contribution in [0.2, 0.25) is 0 Å². The standard InChI is InChI=1S/C15H18FN5/c16-12-1-3-13(4-2-12)20-7-9-21(10-8-20)15-14(11-17)18-5-6-19-15/h1-6H,7-11,17H2. The van der Waals surface area contributed by atoms with Gasteiger partial charge in [-0.3, -0.25) is 4.98 Å². The largest absolute Gasteiger partial charge is 0.368 e. The molecule has 1 saturated heterocycles. The Labute approximate surface area is 123 Å². The number of piperazine rings is 1. The predicted molar refractivity (Wildman–Crippen MR) is 80.7 cm³/mol. The summed E-state index contributed by atoms with van der Waals surface area (Å²) in [5.41, 5.74) is 7.59. The molecule has 0 amide bonds. The molecule has 0 unspecified atom stereocenters. The first kappa shape index (κ1) is 13.8. The molecule has 6 heteroatoms. The summed E-state index contributed by atoms with van der Waals surface area (Å²) >= 11 is 0. The summed E-state index contributed by atoms with van der Waals surface area (Å²) in [4.78, 5) is 13.1. The Balaban J connectivity index is 1.69. The Hall–Kier alpha value is -2.21. The van der Waals surface area contributed by atoms with E-state index in [1.165, 1.54) is 12.1 Å². The van der Waals surface area contributed by atoms with Gasteiger partial charge in [0.15, 0.2) is 5.82 Å². The van der Waals surface area contributed by atoms with Crippen molar-refractivity contribution in [2.24, 2.45) is 5.73 Å². The van der Waals surface area contributed by atoms with E-state index in [1.54, 1.807) is 12.4 Å². The van der Waals surface area contributed by atoms with E-state index >= 15 is 0 Å². The highest BCUT2D eigenvalue weighted by Gasteiger charge is 2.20. The molecule has 0 saturated carbocycles. The highest BCUT2D eigenvalue weighted by atomic mass is 19.1. The van der Waals surface area contributed by atoms with Crippen molar-refractivity contribution in [3.8, 4) is 0 Å². The molecule has 2 aromatic rings. The lowest BCUT2D eigenvalue weighted by Crippen LogP contribution is -2.47. The van der Waals surface area contributed by atoms with Gasteiger partial charge < -0.3 is 15.5 Å². The van der Waals surface area contributed by atoms with E-state index in [0.717, 1.165) is 43.4 Å².